The summed E-state index contributed by atoms with van der Waals surface area (Å²) in [7, 11) is 0. The summed E-state index contributed by atoms with van der Waals surface area (Å²) in [5.74, 6) is 1.48. The van der Waals surface area contributed by atoms with Crippen LogP contribution >= 0.6 is 15.9 Å². The summed E-state index contributed by atoms with van der Waals surface area (Å²) < 4.78 is 0. The van der Waals surface area contributed by atoms with E-state index in [2.05, 4.69) is 20.9 Å². The SMILES string of the molecule is C[C](C)CN(C(=O)O)c1ccc(CBr)cn1. The van der Waals surface area contributed by atoms with Gasteiger partial charge in [-0.25, -0.2) is 9.78 Å². The lowest BCUT2D eigenvalue weighted by Crippen LogP contribution is -2.32. The van der Waals surface area contributed by atoms with Crippen LogP contribution in [0.25, 0.3) is 0 Å². The van der Waals surface area contributed by atoms with Gasteiger partial charge in [-0.05, 0) is 17.5 Å². The van der Waals surface area contributed by atoms with Crippen LogP contribution in [-0.2, 0) is 5.33 Å². The maximum absolute atomic E-state index is 11.1. The molecule has 0 atom stereocenters. The number of anilines is 1. The number of carboxylic acid groups (broad SMARTS) is 1. The standard InChI is InChI=1S/C11H14BrN2O2/c1-8(2)7-14(11(15)16)10-4-3-9(5-12)6-13-10/h3-4,6H,5,7H2,1-2H3,(H,15,16). The van der Waals surface area contributed by atoms with Crippen LogP contribution in [0.15, 0.2) is 18.3 Å². The molecule has 0 saturated carbocycles. The molecule has 16 heavy (non-hydrogen) atoms. The zero-order valence-electron chi connectivity index (χ0n) is 9.27. The molecule has 87 valence electrons. The van der Waals surface area contributed by atoms with E-state index in [0.29, 0.717) is 17.7 Å². The molecule has 0 aliphatic carbocycles. The second-order valence-electron chi connectivity index (χ2n) is 3.73. The minimum absolute atomic E-state index is 0.371. The van der Waals surface area contributed by atoms with Gasteiger partial charge in [-0.3, -0.25) is 4.90 Å². The first-order chi connectivity index (χ1) is 7.54. The molecule has 0 aliphatic heterocycles. The fourth-order valence-electron chi connectivity index (χ4n) is 1.22. The van der Waals surface area contributed by atoms with Crippen LogP contribution in [0.4, 0.5) is 10.6 Å². The molecule has 1 radical (unpaired) electrons. The Labute approximate surface area is 103 Å². The van der Waals surface area contributed by atoms with Crippen LogP contribution < -0.4 is 4.90 Å². The molecule has 1 amide bonds. The highest BCUT2D eigenvalue weighted by molar-refractivity contribution is 9.08. The molecular formula is C11H14BrN2O2. The number of hydrogen-bond acceptors (Lipinski definition) is 2. The predicted octanol–water partition coefficient (Wildman–Crippen LogP) is 3.08. The lowest BCUT2D eigenvalue weighted by molar-refractivity contribution is 0.202. The second kappa shape index (κ2) is 5.84. The van der Waals surface area contributed by atoms with Crippen molar-refractivity contribution in [2.45, 2.75) is 19.2 Å². The molecule has 0 saturated heterocycles. The molecule has 0 unspecified atom stereocenters. The van der Waals surface area contributed by atoms with E-state index >= 15 is 0 Å². The number of hydrogen-bond donors (Lipinski definition) is 1. The van der Waals surface area contributed by atoms with Crippen LogP contribution in [0, 0.1) is 5.92 Å². The Morgan fingerprint density at radius 3 is 2.56 bits per heavy atom. The summed E-state index contributed by atoms with van der Waals surface area (Å²) in [6.07, 6.45) is 0.686. The number of amides is 1. The van der Waals surface area contributed by atoms with Crippen molar-refractivity contribution in [3.8, 4) is 0 Å². The van der Waals surface area contributed by atoms with Crippen LogP contribution in [0.3, 0.4) is 0 Å². The van der Waals surface area contributed by atoms with Gasteiger partial charge in [0.05, 0.1) is 0 Å². The molecule has 4 nitrogen and oxygen atoms in total. The van der Waals surface area contributed by atoms with Gasteiger partial charge in [0.15, 0.2) is 0 Å². The molecule has 0 fully saturated rings. The monoisotopic (exact) mass is 285 g/mol. The first-order valence-corrected chi connectivity index (χ1v) is 5.97. The smallest absolute Gasteiger partial charge is 0.413 e. The van der Waals surface area contributed by atoms with Gasteiger partial charge in [0.25, 0.3) is 0 Å². The van der Waals surface area contributed by atoms with Crippen molar-refractivity contribution in [3.05, 3.63) is 29.8 Å². The van der Waals surface area contributed by atoms with Crippen molar-refractivity contribution >= 4 is 27.8 Å². The number of nitrogens with zero attached hydrogens (tertiary/aromatic N) is 2. The van der Waals surface area contributed by atoms with Gasteiger partial charge in [0.2, 0.25) is 0 Å². The quantitative estimate of drug-likeness (QED) is 0.865. The Morgan fingerprint density at radius 1 is 1.50 bits per heavy atom. The summed E-state index contributed by atoms with van der Waals surface area (Å²) in [5, 5.41) is 9.78. The van der Waals surface area contributed by atoms with Crippen molar-refractivity contribution < 1.29 is 9.90 Å². The van der Waals surface area contributed by atoms with Gasteiger partial charge in [-0.2, -0.15) is 0 Å². The molecule has 0 aliphatic rings. The zero-order valence-corrected chi connectivity index (χ0v) is 10.9. The second-order valence-corrected chi connectivity index (χ2v) is 4.29. The highest BCUT2D eigenvalue weighted by Gasteiger charge is 2.16. The summed E-state index contributed by atoms with van der Waals surface area (Å²) >= 11 is 3.31. The number of halogens is 1. The Balaban J connectivity index is 2.88. The predicted molar refractivity (Wildman–Crippen MR) is 66.8 cm³/mol. The average Bonchev–Trinajstić information content (AvgIpc) is 2.25. The summed E-state index contributed by atoms with van der Waals surface area (Å²) in [4.78, 5) is 16.4. The van der Waals surface area contributed by atoms with Gasteiger partial charge in [-0.15, -0.1) is 0 Å². The molecule has 1 aromatic rings. The Bertz CT molecular complexity index is 352. The summed E-state index contributed by atoms with van der Waals surface area (Å²) in [6, 6.07) is 3.58. The minimum Gasteiger partial charge on any atom is -0.465 e. The van der Waals surface area contributed by atoms with Crippen molar-refractivity contribution in [1.82, 2.24) is 4.98 Å². The van der Waals surface area contributed by atoms with Crippen molar-refractivity contribution in [2.24, 2.45) is 0 Å². The van der Waals surface area contributed by atoms with E-state index in [1.165, 1.54) is 4.90 Å². The third-order valence-corrected chi connectivity index (χ3v) is 2.59. The van der Waals surface area contributed by atoms with E-state index in [0.717, 1.165) is 11.5 Å². The highest BCUT2D eigenvalue weighted by Crippen LogP contribution is 2.15. The zero-order chi connectivity index (χ0) is 12.1. The maximum atomic E-state index is 11.1. The van der Waals surface area contributed by atoms with Gasteiger partial charge in [-0.1, -0.05) is 35.8 Å². The Hall–Kier alpha value is -1.10. The first-order valence-electron chi connectivity index (χ1n) is 4.85. The Kier molecular flexibility index (Phi) is 4.73. The molecule has 1 aromatic heterocycles. The molecule has 5 heteroatoms. The normalized spacial score (nSPS) is 10.5. The van der Waals surface area contributed by atoms with Crippen LogP contribution in [0.1, 0.15) is 19.4 Å². The molecule has 0 aromatic carbocycles. The molecular weight excluding hydrogens is 272 g/mol. The molecule has 0 bridgehead atoms. The highest BCUT2D eigenvalue weighted by atomic mass is 79.9. The molecule has 0 spiro atoms. The van der Waals surface area contributed by atoms with Gasteiger partial charge in [0, 0.05) is 18.1 Å². The number of carbonyl (C=O) groups is 1. The fourth-order valence-corrected chi connectivity index (χ4v) is 1.55. The summed E-state index contributed by atoms with van der Waals surface area (Å²) in [5.41, 5.74) is 1.02. The number of aromatic nitrogens is 1. The maximum Gasteiger partial charge on any atom is 0.413 e. The van der Waals surface area contributed by atoms with Gasteiger partial charge in [0.1, 0.15) is 5.82 Å². The topological polar surface area (TPSA) is 53.4 Å². The minimum atomic E-state index is -0.986. The Morgan fingerprint density at radius 2 is 2.19 bits per heavy atom. The lowest BCUT2D eigenvalue weighted by Gasteiger charge is -2.19. The molecule has 1 N–H and O–H groups in total. The van der Waals surface area contributed by atoms with Crippen LogP contribution in [0.5, 0.6) is 0 Å². The number of alkyl halides is 1. The lowest BCUT2D eigenvalue weighted by atomic mass is 10.2. The van der Waals surface area contributed by atoms with Crippen molar-refractivity contribution in [1.29, 1.82) is 0 Å². The van der Waals surface area contributed by atoms with E-state index in [9.17, 15) is 4.79 Å². The van der Waals surface area contributed by atoms with Gasteiger partial charge >= 0.3 is 6.09 Å². The number of pyridine rings is 1. The van der Waals surface area contributed by atoms with E-state index < -0.39 is 6.09 Å². The largest absolute Gasteiger partial charge is 0.465 e. The third kappa shape index (κ3) is 3.48. The van der Waals surface area contributed by atoms with Crippen molar-refractivity contribution in [2.75, 3.05) is 11.4 Å². The van der Waals surface area contributed by atoms with E-state index in [1.807, 2.05) is 19.9 Å². The van der Waals surface area contributed by atoms with Gasteiger partial charge < -0.3 is 5.11 Å². The van der Waals surface area contributed by atoms with Crippen molar-refractivity contribution in [3.63, 3.8) is 0 Å². The van der Waals surface area contributed by atoms with E-state index in [1.54, 1.807) is 12.3 Å². The van der Waals surface area contributed by atoms with Crippen LogP contribution in [0.2, 0.25) is 0 Å². The molecule has 1 heterocycles. The number of rotatable bonds is 4. The molecule has 1 rings (SSSR count). The van der Waals surface area contributed by atoms with Crippen LogP contribution in [-0.4, -0.2) is 22.7 Å². The average molecular weight is 286 g/mol. The van der Waals surface area contributed by atoms with E-state index in [-0.39, 0.29) is 0 Å². The summed E-state index contributed by atoms with van der Waals surface area (Å²) in [6.45, 7) is 4.15. The van der Waals surface area contributed by atoms with E-state index in [4.69, 9.17) is 5.11 Å². The fraction of sp³-hybridized carbons (Fsp3) is 0.364. The first kappa shape index (κ1) is 13.0. The third-order valence-electron chi connectivity index (χ3n) is 1.95.